The van der Waals surface area contributed by atoms with Crippen LogP contribution in [0.15, 0.2) is 36.4 Å². The monoisotopic (exact) mass is 430 g/mol. The molecule has 2 saturated carbocycles. The lowest BCUT2D eigenvalue weighted by Crippen LogP contribution is -2.45. The number of carbonyl (C=O) groups is 1. The van der Waals surface area contributed by atoms with Crippen LogP contribution >= 0.6 is 0 Å². The van der Waals surface area contributed by atoms with Gasteiger partial charge in [0.15, 0.2) is 0 Å². The zero-order valence-electron chi connectivity index (χ0n) is 19.4. The van der Waals surface area contributed by atoms with Crippen molar-refractivity contribution < 1.29 is 14.6 Å². The first kappa shape index (κ1) is 21.3. The molecule has 3 heteroatoms. The van der Waals surface area contributed by atoms with Gasteiger partial charge in [0.05, 0.1) is 0 Å². The number of aryl methyl sites for hydroxylation is 2. The van der Waals surface area contributed by atoms with E-state index in [-0.39, 0.29) is 17.5 Å². The summed E-state index contributed by atoms with van der Waals surface area (Å²) in [7, 11) is 0. The van der Waals surface area contributed by atoms with Crippen molar-refractivity contribution in [3.05, 3.63) is 64.2 Å². The Kier molecular flexibility index (Phi) is 5.39. The fourth-order valence-corrected chi connectivity index (χ4v) is 6.97. The molecule has 5 atom stereocenters. The van der Waals surface area contributed by atoms with E-state index in [9.17, 15) is 9.90 Å². The topological polar surface area (TPSA) is 46.5 Å². The molecule has 1 N–H and O–H groups in total. The third-order valence-corrected chi connectivity index (χ3v) is 8.63. The smallest absolute Gasteiger partial charge is 0.302 e. The summed E-state index contributed by atoms with van der Waals surface area (Å²) in [4.78, 5) is 11.7. The molecule has 0 radical (unpaired) electrons. The van der Waals surface area contributed by atoms with Crippen molar-refractivity contribution in [1.29, 1.82) is 0 Å². The summed E-state index contributed by atoms with van der Waals surface area (Å²) in [5, 5.41) is 10.7. The summed E-state index contributed by atoms with van der Waals surface area (Å²) in [6, 6.07) is 12.7. The van der Waals surface area contributed by atoms with E-state index in [1.54, 1.807) is 0 Å². The van der Waals surface area contributed by atoms with Gasteiger partial charge in [-0.2, -0.15) is 0 Å². The van der Waals surface area contributed by atoms with Crippen molar-refractivity contribution in [3.63, 3.8) is 0 Å². The van der Waals surface area contributed by atoms with Gasteiger partial charge in [0.1, 0.15) is 11.9 Å². The second-order valence-corrected chi connectivity index (χ2v) is 10.5. The van der Waals surface area contributed by atoms with Crippen LogP contribution in [0.3, 0.4) is 0 Å². The molecular formula is C29H34O3. The molecule has 5 rings (SSSR count). The predicted octanol–water partition coefficient (Wildman–Crippen LogP) is 6.66. The highest BCUT2D eigenvalue weighted by molar-refractivity contribution is 5.73. The molecular weight excluding hydrogens is 396 g/mol. The molecule has 0 aromatic heterocycles. The number of carbonyl (C=O) groups excluding carboxylic acids is 1. The minimum atomic E-state index is -0.145. The molecule has 0 saturated heterocycles. The number of benzene rings is 2. The number of phenolic OH excluding ortho intramolecular Hbond substituents is 1. The second-order valence-electron chi connectivity index (χ2n) is 10.5. The highest BCUT2D eigenvalue weighted by Crippen LogP contribution is 2.61. The standard InChI is InChI=1S/C29H34O3/c1-18-4-6-20(7-5-18)8-9-22-16-25-21(17-27(22)31)10-11-24-23(25)14-15-29(3)26(24)12-13-28(29)32-19(2)30/h4-9,16-17,23-24,26,28,31H,10-15H2,1-3H3/b9-8+/t23-,24+,26-,28-,29-/m0/s1. The number of rotatable bonds is 3. The van der Waals surface area contributed by atoms with Gasteiger partial charge in [-0.1, -0.05) is 48.9 Å². The maximum Gasteiger partial charge on any atom is 0.302 e. The highest BCUT2D eigenvalue weighted by atomic mass is 16.5. The summed E-state index contributed by atoms with van der Waals surface area (Å²) in [6.45, 7) is 5.99. The minimum absolute atomic E-state index is 0.0696. The Balaban J connectivity index is 1.42. The summed E-state index contributed by atoms with van der Waals surface area (Å²) in [5.41, 5.74) is 6.14. The van der Waals surface area contributed by atoms with Crippen LogP contribution in [0.4, 0.5) is 0 Å². The number of esters is 1. The van der Waals surface area contributed by atoms with E-state index in [4.69, 9.17) is 4.74 Å². The SMILES string of the molecule is CC(=O)O[C@H]1CC[C@H]2[C@@H]3CCc4cc(O)c(/C=C/c5ccc(C)cc5)cc4[C@H]3CC[C@]12C. The summed E-state index contributed by atoms with van der Waals surface area (Å²) in [5.74, 6) is 2.02. The van der Waals surface area contributed by atoms with E-state index in [0.29, 0.717) is 23.5 Å². The van der Waals surface area contributed by atoms with E-state index >= 15 is 0 Å². The summed E-state index contributed by atoms with van der Waals surface area (Å²) >= 11 is 0. The lowest BCUT2D eigenvalue weighted by atomic mass is 9.55. The van der Waals surface area contributed by atoms with Crippen molar-refractivity contribution in [2.45, 2.75) is 71.3 Å². The molecule has 32 heavy (non-hydrogen) atoms. The van der Waals surface area contributed by atoms with Crippen LogP contribution in [-0.2, 0) is 16.0 Å². The number of ether oxygens (including phenoxy) is 1. The summed E-state index contributed by atoms with van der Waals surface area (Å²) in [6.07, 6.45) is 10.8. The van der Waals surface area contributed by atoms with E-state index in [0.717, 1.165) is 43.2 Å². The molecule has 3 aliphatic carbocycles. The van der Waals surface area contributed by atoms with Crippen LogP contribution in [0, 0.1) is 24.2 Å². The van der Waals surface area contributed by atoms with Gasteiger partial charge in [-0.05, 0) is 92.0 Å². The molecule has 0 unspecified atom stereocenters. The zero-order valence-corrected chi connectivity index (χ0v) is 19.4. The molecule has 0 bridgehead atoms. The molecule has 2 aromatic rings. The van der Waals surface area contributed by atoms with Gasteiger partial charge in [0, 0.05) is 17.9 Å². The van der Waals surface area contributed by atoms with Crippen LogP contribution < -0.4 is 0 Å². The van der Waals surface area contributed by atoms with Gasteiger partial charge in [0.2, 0.25) is 0 Å². The Morgan fingerprint density at radius 2 is 1.88 bits per heavy atom. The molecule has 0 amide bonds. The van der Waals surface area contributed by atoms with Crippen molar-refractivity contribution in [1.82, 2.24) is 0 Å². The second kappa shape index (κ2) is 8.10. The summed E-state index contributed by atoms with van der Waals surface area (Å²) < 4.78 is 5.77. The molecule has 3 aliphatic rings. The average Bonchev–Trinajstić information content (AvgIpc) is 3.09. The number of hydrogen-bond donors (Lipinski definition) is 1. The third-order valence-electron chi connectivity index (χ3n) is 8.63. The van der Waals surface area contributed by atoms with Crippen molar-refractivity contribution in [2.75, 3.05) is 0 Å². The molecule has 0 heterocycles. The van der Waals surface area contributed by atoms with E-state index < -0.39 is 0 Å². The lowest BCUT2D eigenvalue weighted by Gasteiger charge is -2.50. The van der Waals surface area contributed by atoms with E-state index in [2.05, 4.69) is 50.3 Å². The zero-order chi connectivity index (χ0) is 22.5. The fourth-order valence-electron chi connectivity index (χ4n) is 6.97. The molecule has 0 aliphatic heterocycles. The fraction of sp³-hybridized carbons (Fsp3) is 0.483. The first-order valence-corrected chi connectivity index (χ1v) is 12.1. The maximum atomic E-state index is 11.7. The molecule has 2 aromatic carbocycles. The van der Waals surface area contributed by atoms with Crippen LogP contribution in [-0.4, -0.2) is 17.2 Å². The Labute approximate surface area is 191 Å². The van der Waals surface area contributed by atoms with E-state index in [1.807, 2.05) is 12.1 Å². The normalized spacial score (nSPS) is 31.1. The van der Waals surface area contributed by atoms with Gasteiger partial charge in [-0.15, -0.1) is 0 Å². The molecule has 2 fully saturated rings. The van der Waals surface area contributed by atoms with Crippen molar-refractivity contribution in [2.24, 2.45) is 17.3 Å². The number of aromatic hydroxyl groups is 1. The first-order chi connectivity index (χ1) is 15.3. The van der Waals surface area contributed by atoms with Crippen molar-refractivity contribution >= 4 is 18.1 Å². The first-order valence-electron chi connectivity index (χ1n) is 12.1. The number of phenols is 1. The maximum absolute atomic E-state index is 11.7. The van der Waals surface area contributed by atoms with E-state index in [1.165, 1.54) is 30.0 Å². The third kappa shape index (κ3) is 3.66. The van der Waals surface area contributed by atoms with Crippen molar-refractivity contribution in [3.8, 4) is 5.75 Å². The highest BCUT2D eigenvalue weighted by Gasteiger charge is 2.56. The Morgan fingerprint density at radius 1 is 1.09 bits per heavy atom. The predicted molar refractivity (Wildman–Crippen MR) is 128 cm³/mol. The van der Waals surface area contributed by atoms with Crippen LogP contribution in [0.25, 0.3) is 12.2 Å². The molecule has 168 valence electrons. The largest absolute Gasteiger partial charge is 0.507 e. The van der Waals surface area contributed by atoms with Gasteiger partial charge in [-0.3, -0.25) is 4.79 Å². The van der Waals surface area contributed by atoms with Gasteiger partial charge >= 0.3 is 5.97 Å². The Hall–Kier alpha value is -2.55. The molecule has 0 spiro atoms. The Bertz CT molecular complexity index is 1050. The quantitative estimate of drug-likeness (QED) is 0.437. The molecule has 3 nitrogen and oxygen atoms in total. The Morgan fingerprint density at radius 3 is 2.62 bits per heavy atom. The van der Waals surface area contributed by atoms with Gasteiger partial charge in [-0.25, -0.2) is 0 Å². The van der Waals surface area contributed by atoms with Crippen LogP contribution in [0.2, 0.25) is 0 Å². The number of fused-ring (bicyclic) bond motifs is 5. The minimum Gasteiger partial charge on any atom is -0.507 e. The lowest BCUT2D eigenvalue weighted by molar-refractivity contribution is -0.154. The van der Waals surface area contributed by atoms with Gasteiger partial charge in [0.25, 0.3) is 0 Å². The van der Waals surface area contributed by atoms with Crippen LogP contribution in [0.5, 0.6) is 5.75 Å². The van der Waals surface area contributed by atoms with Gasteiger partial charge < -0.3 is 9.84 Å². The number of hydrogen-bond acceptors (Lipinski definition) is 3. The van der Waals surface area contributed by atoms with Crippen LogP contribution in [0.1, 0.15) is 79.7 Å². The average molecular weight is 431 g/mol.